The number of likely N-dealkylation sites (N-methyl/N-ethyl adjacent to an activating group) is 1. The van der Waals surface area contributed by atoms with Crippen LogP contribution in [0.5, 0.6) is 0 Å². The lowest BCUT2D eigenvalue weighted by molar-refractivity contribution is -0.118. The van der Waals surface area contributed by atoms with Crippen molar-refractivity contribution < 1.29 is 14.3 Å². The molecule has 6 nitrogen and oxygen atoms in total. The number of rotatable bonds is 12. The molecule has 3 aliphatic rings. The van der Waals surface area contributed by atoms with E-state index in [4.69, 9.17) is 14.5 Å². The lowest BCUT2D eigenvalue weighted by atomic mass is 9.86. The molecule has 37 heavy (non-hydrogen) atoms. The number of ether oxygens (including phenoxy) is 2. The molecule has 0 spiro atoms. The average molecular weight is 504 g/mol. The van der Waals surface area contributed by atoms with E-state index >= 15 is 0 Å². The van der Waals surface area contributed by atoms with Crippen molar-refractivity contribution in [1.29, 1.82) is 0 Å². The molecule has 4 rings (SSSR count). The van der Waals surface area contributed by atoms with Crippen molar-refractivity contribution in [3.63, 3.8) is 0 Å². The highest BCUT2D eigenvalue weighted by Crippen LogP contribution is 2.31. The Morgan fingerprint density at radius 1 is 0.973 bits per heavy atom. The van der Waals surface area contributed by atoms with Gasteiger partial charge in [0, 0.05) is 31.0 Å². The highest BCUT2D eigenvalue weighted by atomic mass is 16.5. The van der Waals surface area contributed by atoms with Gasteiger partial charge in [0.25, 0.3) is 0 Å². The molecule has 1 aliphatic heterocycles. The summed E-state index contributed by atoms with van der Waals surface area (Å²) in [5, 5.41) is 3.03. The van der Waals surface area contributed by atoms with Crippen molar-refractivity contribution in [1.82, 2.24) is 10.2 Å². The molecule has 6 heteroatoms. The number of carbonyl (C=O) groups is 1. The third-order valence-electron chi connectivity index (χ3n) is 7.11. The maximum Gasteiger partial charge on any atom is 0.246 e. The van der Waals surface area contributed by atoms with Gasteiger partial charge in [-0.05, 0) is 82.8 Å². The van der Waals surface area contributed by atoms with E-state index in [0.717, 1.165) is 62.2 Å². The van der Waals surface area contributed by atoms with Crippen LogP contribution in [0.4, 0.5) is 0 Å². The molecule has 1 heterocycles. The number of benzene rings is 1. The highest BCUT2D eigenvalue weighted by molar-refractivity contribution is 6.17. The van der Waals surface area contributed by atoms with Crippen LogP contribution in [0.2, 0.25) is 0 Å². The zero-order valence-corrected chi connectivity index (χ0v) is 22.5. The molecule has 2 unspecified atom stereocenters. The number of amides is 1. The summed E-state index contributed by atoms with van der Waals surface area (Å²) in [5.41, 5.74) is 6.70. The molecule has 1 aromatic rings. The third-order valence-corrected chi connectivity index (χ3v) is 7.11. The Morgan fingerprint density at radius 2 is 1.73 bits per heavy atom. The molecular weight excluding hydrogens is 462 g/mol. The maximum atomic E-state index is 12.4. The smallest absolute Gasteiger partial charge is 0.246 e. The van der Waals surface area contributed by atoms with Gasteiger partial charge in [0.2, 0.25) is 5.91 Å². The van der Waals surface area contributed by atoms with Gasteiger partial charge < -0.3 is 19.7 Å². The number of hydrogen-bond acceptors (Lipinski definition) is 5. The van der Waals surface area contributed by atoms with E-state index in [0.29, 0.717) is 13.2 Å². The highest BCUT2D eigenvalue weighted by Gasteiger charge is 2.31. The van der Waals surface area contributed by atoms with Crippen LogP contribution >= 0.6 is 0 Å². The van der Waals surface area contributed by atoms with E-state index in [9.17, 15) is 4.79 Å². The van der Waals surface area contributed by atoms with Crippen LogP contribution in [0.15, 0.2) is 82.0 Å². The molecule has 0 bridgehead atoms. The molecule has 0 saturated heterocycles. The zero-order chi connectivity index (χ0) is 26.0. The minimum Gasteiger partial charge on any atom is -0.371 e. The van der Waals surface area contributed by atoms with Crippen molar-refractivity contribution >= 4 is 11.6 Å². The van der Waals surface area contributed by atoms with Crippen LogP contribution in [-0.2, 0) is 20.7 Å². The minimum absolute atomic E-state index is 0.0960. The first-order valence-corrected chi connectivity index (χ1v) is 13.7. The minimum atomic E-state index is -0.221. The van der Waals surface area contributed by atoms with Crippen LogP contribution in [0, 0.1) is 0 Å². The Balaban J connectivity index is 1.37. The van der Waals surface area contributed by atoms with E-state index < -0.39 is 0 Å². The number of aliphatic imine (C=N–C) groups is 1. The van der Waals surface area contributed by atoms with E-state index in [1.54, 1.807) is 0 Å². The van der Waals surface area contributed by atoms with E-state index in [1.165, 1.54) is 16.7 Å². The Bertz CT molecular complexity index is 1080. The largest absolute Gasteiger partial charge is 0.371 e. The molecule has 198 valence electrons. The predicted octanol–water partition coefficient (Wildman–Crippen LogP) is 4.79. The Morgan fingerprint density at radius 3 is 2.43 bits per heavy atom. The molecule has 2 aliphatic carbocycles. The average Bonchev–Trinajstić information content (AvgIpc) is 3.07. The quantitative estimate of drug-likeness (QED) is 0.445. The molecule has 0 saturated carbocycles. The van der Waals surface area contributed by atoms with E-state index in [2.05, 4.69) is 65.8 Å². The lowest BCUT2D eigenvalue weighted by Crippen LogP contribution is -2.36. The zero-order valence-electron chi connectivity index (χ0n) is 22.5. The first-order valence-electron chi connectivity index (χ1n) is 13.7. The van der Waals surface area contributed by atoms with Gasteiger partial charge in [-0.25, -0.2) is 0 Å². The van der Waals surface area contributed by atoms with Crippen LogP contribution in [-0.4, -0.2) is 68.6 Å². The molecular formula is C31H41N3O3. The summed E-state index contributed by atoms with van der Waals surface area (Å²) < 4.78 is 11.9. The van der Waals surface area contributed by atoms with Crippen molar-refractivity contribution in [2.75, 3.05) is 39.9 Å². The fourth-order valence-electron chi connectivity index (χ4n) is 5.12. The number of allylic oxidation sites excluding steroid dienone is 5. The fraction of sp³-hybridized carbons (Fsp3) is 0.484. The number of carbonyl (C=O) groups excluding carboxylic acids is 1. The summed E-state index contributed by atoms with van der Waals surface area (Å²) in [7, 11) is 2.21. The summed E-state index contributed by atoms with van der Waals surface area (Å²) in [6.45, 7) is 7.44. The van der Waals surface area contributed by atoms with Gasteiger partial charge in [0.15, 0.2) is 0 Å². The molecule has 1 N–H and O–H groups in total. The maximum absolute atomic E-state index is 12.4. The fourth-order valence-corrected chi connectivity index (χ4v) is 5.12. The summed E-state index contributed by atoms with van der Waals surface area (Å²) in [4.78, 5) is 19.6. The SMILES string of the molecule is CCOC1C=C2NC(=O)CN=C(C3=CC=C(CCCN(C)CCc4ccccc4)CC3)C2=CC1OCC. The summed E-state index contributed by atoms with van der Waals surface area (Å²) in [5.74, 6) is -0.0960. The van der Waals surface area contributed by atoms with Gasteiger partial charge in [-0.3, -0.25) is 9.79 Å². The second-order valence-electron chi connectivity index (χ2n) is 9.87. The van der Waals surface area contributed by atoms with Gasteiger partial charge in [-0.2, -0.15) is 0 Å². The van der Waals surface area contributed by atoms with Crippen molar-refractivity contribution in [3.8, 4) is 0 Å². The number of fused-ring (bicyclic) bond motifs is 1. The van der Waals surface area contributed by atoms with E-state index in [-0.39, 0.29) is 24.7 Å². The normalized spacial score (nSPS) is 21.7. The second kappa shape index (κ2) is 13.7. The number of nitrogens with one attached hydrogen (secondary N) is 1. The summed E-state index contributed by atoms with van der Waals surface area (Å²) >= 11 is 0. The molecule has 0 fully saturated rings. The van der Waals surface area contributed by atoms with Gasteiger partial charge >= 0.3 is 0 Å². The van der Waals surface area contributed by atoms with Crippen molar-refractivity contribution in [3.05, 3.63) is 82.6 Å². The van der Waals surface area contributed by atoms with Gasteiger partial charge in [0.05, 0.1) is 5.71 Å². The molecule has 0 aromatic heterocycles. The molecule has 1 aromatic carbocycles. The third kappa shape index (κ3) is 7.60. The number of hydrogen-bond donors (Lipinski definition) is 1. The van der Waals surface area contributed by atoms with E-state index in [1.807, 2.05) is 19.9 Å². The number of nitrogens with zero attached hydrogens (tertiary/aromatic N) is 2. The molecule has 0 radical (unpaired) electrons. The van der Waals surface area contributed by atoms with Gasteiger partial charge in [-0.1, -0.05) is 48.1 Å². The Labute approximate surface area is 221 Å². The second-order valence-corrected chi connectivity index (χ2v) is 9.87. The molecule has 2 atom stereocenters. The lowest BCUT2D eigenvalue weighted by Gasteiger charge is -2.29. The van der Waals surface area contributed by atoms with Crippen LogP contribution in [0.25, 0.3) is 0 Å². The van der Waals surface area contributed by atoms with Crippen LogP contribution in [0.1, 0.15) is 45.1 Å². The van der Waals surface area contributed by atoms with Crippen molar-refractivity contribution in [2.45, 2.75) is 58.2 Å². The van der Waals surface area contributed by atoms with Gasteiger partial charge in [0.1, 0.15) is 18.8 Å². The van der Waals surface area contributed by atoms with Gasteiger partial charge in [-0.15, -0.1) is 0 Å². The molecule has 1 amide bonds. The standard InChI is InChI=1S/C31H41N3O3/c1-4-36-28-20-26-27(21-29(28)37-5-2)33-30(35)22-32-31(26)25-15-13-24(14-16-25)12-9-18-34(3)19-17-23-10-7-6-8-11-23/h6-8,10-11,13,15,20-21,28-29H,4-5,9,12,14,16-19,22H2,1-3H3,(H,33,35). The first kappa shape index (κ1) is 27.2. The Hall–Kier alpha value is -2.80. The topological polar surface area (TPSA) is 63.2 Å². The van der Waals surface area contributed by atoms with Crippen molar-refractivity contribution in [2.24, 2.45) is 4.99 Å². The monoisotopic (exact) mass is 503 g/mol. The predicted molar refractivity (Wildman–Crippen MR) is 150 cm³/mol. The Kier molecular flexibility index (Phi) is 10.1. The summed E-state index contributed by atoms with van der Waals surface area (Å²) in [6.07, 6.45) is 13.4. The van der Waals surface area contributed by atoms with Crippen LogP contribution < -0.4 is 5.32 Å². The van der Waals surface area contributed by atoms with Crippen LogP contribution in [0.3, 0.4) is 0 Å². The first-order chi connectivity index (χ1) is 18.1. The summed E-state index contributed by atoms with van der Waals surface area (Å²) in [6, 6.07) is 10.7.